The van der Waals surface area contributed by atoms with Crippen molar-refractivity contribution in [2.45, 2.75) is 62.6 Å². The van der Waals surface area contributed by atoms with Gasteiger partial charge in [0, 0.05) is 16.6 Å². The van der Waals surface area contributed by atoms with Crippen LogP contribution in [0.5, 0.6) is 0 Å². The molecule has 0 aromatic heterocycles. The van der Waals surface area contributed by atoms with E-state index in [1.807, 2.05) is 18.2 Å². The standard InChI is InChI=1S/C17H25F2NS/c1-12(2)13-6-5-7-14(11-10-13)20-15-8-3-4-9-16(15)21-17(18)19/h3-4,8-9,12-14,17,20H,5-7,10-11H2,1-2H3. The molecule has 0 spiro atoms. The van der Waals surface area contributed by atoms with E-state index in [-0.39, 0.29) is 0 Å². The van der Waals surface area contributed by atoms with Gasteiger partial charge >= 0.3 is 0 Å². The highest BCUT2D eigenvalue weighted by Crippen LogP contribution is 2.34. The van der Waals surface area contributed by atoms with Gasteiger partial charge < -0.3 is 5.32 Å². The van der Waals surface area contributed by atoms with Crippen LogP contribution in [-0.4, -0.2) is 11.8 Å². The van der Waals surface area contributed by atoms with E-state index < -0.39 is 5.76 Å². The van der Waals surface area contributed by atoms with Crippen LogP contribution in [0.4, 0.5) is 14.5 Å². The number of anilines is 1. The number of rotatable bonds is 5. The molecule has 0 radical (unpaired) electrons. The summed E-state index contributed by atoms with van der Waals surface area (Å²) < 4.78 is 25.2. The summed E-state index contributed by atoms with van der Waals surface area (Å²) in [5.41, 5.74) is 0.857. The molecule has 0 saturated heterocycles. The SMILES string of the molecule is CC(C)C1CCCC(Nc2ccccc2SC(F)F)CC1. The lowest BCUT2D eigenvalue weighted by Gasteiger charge is -2.21. The Morgan fingerprint density at radius 2 is 1.86 bits per heavy atom. The van der Waals surface area contributed by atoms with Crippen LogP contribution in [0.15, 0.2) is 29.2 Å². The maximum atomic E-state index is 12.6. The molecular weight excluding hydrogens is 288 g/mol. The van der Waals surface area contributed by atoms with Crippen LogP contribution in [-0.2, 0) is 0 Å². The van der Waals surface area contributed by atoms with Gasteiger partial charge in [-0.2, -0.15) is 8.78 Å². The third-order valence-corrected chi connectivity index (χ3v) is 5.21. The van der Waals surface area contributed by atoms with E-state index in [4.69, 9.17) is 0 Å². The molecule has 1 N–H and O–H groups in total. The molecule has 118 valence electrons. The van der Waals surface area contributed by atoms with Crippen molar-refractivity contribution in [1.82, 2.24) is 0 Å². The third-order valence-electron chi connectivity index (χ3n) is 4.42. The number of thioether (sulfide) groups is 1. The quantitative estimate of drug-likeness (QED) is 0.527. The maximum absolute atomic E-state index is 12.6. The van der Waals surface area contributed by atoms with Gasteiger partial charge in [0.25, 0.3) is 5.76 Å². The molecule has 0 bridgehead atoms. The zero-order valence-corrected chi connectivity index (χ0v) is 13.6. The molecule has 4 heteroatoms. The topological polar surface area (TPSA) is 12.0 Å². The number of hydrogen-bond donors (Lipinski definition) is 1. The Bertz CT molecular complexity index is 437. The van der Waals surface area contributed by atoms with Gasteiger partial charge in [-0.25, -0.2) is 0 Å². The normalized spacial score (nSPS) is 23.3. The van der Waals surface area contributed by atoms with Gasteiger partial charge in [0.2, 0.25) is 0 Å². The first-order valence-electron chi connectivity index (χ1n) is 7.86. The van der Waals surface area contributed by atoms with E-state index in [1.54, 1.807) is 6.07 Å². The molecular formula is C17H25F2NS. The second kappa shape index (κ2) is 8.02. The summed E-state index contributed by atoms with van der Waals surface area (Å²) in [6.07, 6.45) is 6.03. The molecule has 1 aromatic carbocycles. The van der Waals surface area contributed by atoms with Crippen LogP contribution >= 0.6 is 11.8 Å². The van der Waals surface area contributed by atoms with Crippen molar-refractivity contribution in [2.24, 2.45) is 11.8 Å². The number of hydrogen-bond acceptors (Lipinski definition) is 2. The molecule has 2 unspecified atom stereocenters. The van der Waals surface area contributed by atoms with Gasteiger partial charge in [-0.1, -0.05) is 50.6 Å². The van der Waals surface area contributed by atoms with E-state index in [2.05, 4.69) is 19.2 Å². The molecule has 1 aromatic rings. The van der Waals surface area contributed by atoms with Crippen molar-refractivity contribution in [3.63, 3.8) is 0 Å². The van der Waals surface area contributed by atoms with E-state index >= 15 is 0 Å². The fourth-order valence-electron chi connectivity index (χ4n) is 3.15. The summed E-state index contributed by atoms with van der Waals surface area (Å²) in [4.78, 5) is 0.650. The molecule has 1 nitrogen and oxygen atoms in total. The summed E-state index contributed by atoms with van der Waals surface area (Å²) in [5.74, 6) is -0.819. The highest BCUT2D eigenvalue weighted by Gasteiger charge is 2.21. The Hall–Kier alpha value is -0.770. The van der Waals surface area contributed by atoms with Gasteiger partial charge in [0.1, 0.15) is 0 Å². The third kappa shape index (κ3) is 5.17. The fraction of sp³-hybridized carbons (Fsp3) is 0.647. The minimum Gasteiger partial charge on any atom is -0.381 e. The molecule has 0 aliphatic heterocycles. The van der Waals surface area contributed by atoms with Crippen LogP contribution in [0.25, 0.3) is 0 Å². The molecule has 1 saturated carbocycles. The average Bonchev–Trinajstić information content (AvgIpc) is 2.66. The van der Waals surface area contributed by atoms with Crippen molar-refractivity contribution < 1.29 is 8.78 Å². The molecule has 21 heavy (non-hydrogen) atoms. The molecule has 1 fully saturated rings. The lowest BCUT2D eigenvalue weighted by molar-refractivity contribution is 0.252. The predicted molar refractivity (Wildman–Crippen MR) is 87.1 cm³/mol. The van der Waals surface area contributed by atoms with E-state index in [0.717, 1.165) is 30.4 Å². The lowest BCUT2D eigenvalue weighted by atomic mass is 9.89. The van der Waals surface area contributed by atoms with Crippen molar-refractivity contribution in [3.05, 3.63) is 24.3 Å². The Labute approximate surface area is 130 Å². The number of halogens is 2. The molecule has 0 amide bonds. The van der Waals surface area contributed by atoms with Crippen molar-refractivity contribution in [1.29, 1.82) is 0 Å². The van der Waals surface area contributed by atoms with Gasteiger partial charge in [-0.15, -0.1) is 0 Å². The van der Waals surface area contributed by atoms with Crippen LogP contribution in [0.3, 0.4) is 0 Å². The molecule has 1 aliphatic carbocycles. The fourth-order valence-corrected chi connectivity index (χ4v) is 3.75. The minimum absolute atomic E-state index is 0.410. The Morgan fingerprint density at radius 1 is 1.10 bits per heavy atom. The lowest BCUT2D eigenvalue weighted by Crippen LogP contribution is -2.19. The second-order valence-corrected chi connectivity index (χ2v) is 7.26. The summed E-state index contributed by atoms with van der Waals surface area (Å²) in [5, 5.41) is 3.50. The molecule has 0 heterocycles. The van der Waals surface area contributed by atoms with Crippen LogP contribution in [0.2, 0.25) is 0 Å². The number of benzene rings is 1. The summed E-state index contributed by atoms with van der Waals surface area (Å²) in [7, 11) is 0. The van der Waals surface area contributed by atoms with Crippen LogP contribution < -0.4 is 5.32 Å². The summed E-state index contributed by atoms with van der Waals surface area (Å²) >= 11 is 0.628. The van der Waals surface area contributed by atoms with Gasteiger partial charge in [0.15, 0.2) is 0 Å². The monoisotopic (exact) mass is 313 g/mol. The largest absolute Gasteiger partial charge is 0.381 e. The molecule has 2 rings (SSSR count). The predicted octanol–water partition coefficient (Wildman–Crippen LogP) is 6.02. The van der Waals surface area contributed by atoms with E-state index in [0.29, 0.717) is 22.7 Å². The van der Waals surface area contributed by atoms with E-state index in [1.165, 1.54) is 19.3 Å². The zero-order chi connectivity index (χ0) is 15.2. The molecule has 1 aliphatic rings. The van der Waals surface area contributed by atoms with Crippen molar-refractivity contribution >= 4 is 17.4 Å². The molecule has 2 atom stereocenters. The van der Waals surface area contributed by atoms with Gasteiger partial charge in [-0.3, -0.25) is 0 Å². The van der Waals surface area contributed by atoms with Crippen LogP contribution in [0.1, 0.15) is 46.0 Å². The summed E-state index contributed by atoms with van der Waals surface area (Å²) in [6, 6.07) is 7.82. The first kappa shape index (κ1) is 16.6. The number of para-hydroxylation sites is 1. The zero-order valence-electron chi connectivity index (χ0n) is 12.8. The average molecular weight is 313 g/mol. The van der Waals surface area contributed by atoms with E-state index in [9.17, 15) is 8.78 Å². The Morgan fingerprint density at radius 3 is 2.57 bits per heavy atom. The summed E-state index contributed by atoms with van der Waals surface area (Å²) in [6.45, 7) is 4.60. The highest BCUT2D eigenvalue weighted by atomic mass is 32.2. The number of alkyl halides is 2. The second-order valence-electron chi connectivity index (χ2n) is 6.23. The minimum atomic E-state index is -2.37. The van der Waals surface area contributed by atoms with Gasteiger partial charge in [-0.05, 0) is 43.2 Å². The smallest absolute Gasteiger partial charge is 0.288 e. The van der Waals surface area contributed by atoms with Crippen molar-refractivity contribution in [3.8, 4) is 0 Å². The Kier molecular flexibility index (Phi) is 6.34. The van der Waals surface area contributed by atoms with Gasteiger partial charge in [0.05, 0.1) is 0 Å². The first-order chi connectivity index (χ1) is 10.1. The first-order valence-corrected chi connectivity index (χ1v) is 8.74. The highest BCUT2D eigenvalue weighted by molar-refractivity contribution is 7.99. The number of nitrogens with one attached hydrogen (secondary N) is 1. The Balaban J connectivity index is 1.98. The van der Waals surface area contributed by atoms with Crippen molar-refractivity contribution in [2.75, 3.05) is 5.32 Å². The maximum Gasteiger partial charge on any atom is 0.288 e. The van der Waals surface area contributed by atoms with Crippen LogP contribution in [0, 0.1) is 11.8 Å².